The van der Waals surface area contributed by atoms with Gasteiger partial charge in [-0.05, 0) is 30.3 Å². The fourth-order valence-electron chi connectivity index (χ4n) is 3.31. The predicted molar refractivity (Wildman–Crippen MR) is 52.4 cm³/mol. The van der Waals surface area contributed by atoms with E-state index in [2.05, 4.69) is 24.3 Å². The molecule has 14 heavy (non-hydrogen) atoms. The van der Waals surface area contributed by atoms with Crippen molar-refractivity contribution in [2.45, 2.75) is 19.4 Å². The quantitative estimate of drug-likeness (QED) is 0.466. The van der Waals surface area contributed by atoms with Crippen LogP contribution in [0.3, 0.4) is 0 Å². The van der Waals surface area contributed by atoms with Crippen LogP contribution in [0.1, 0.15) is 13.3 Å². The van der Waals surface area contributed by atoms with Crippen molar-refractivity contribution < 1.29 is 9.53 Å². The number of hydrogen-bond donors (Lipinski definition) is 0. The highest BCUT2D eigenvalue weighted by Crippen LogP contribution is 2.53. The summed E-state index contributed by atoms with van der Waals surface area (Å²) in [5.41, 5.74) is 0. The molecule has 2 heteroatoms. The zero-order valence-electron chi connectivity index (χ0n) is 8.22. The monoisotopic (exact) mass is 190 g/mol. The van der Waals surface area contributed by atoms with Crippen LogP contribution in [0.4, 0.5) is 0 Å². The van der Waals surface area contributed by atoms with Crippen molar-refractivity contribution in [3.8, 4) is 0 Å². The van der Waals surface area contributed by atoms with E-state index in [1.165, 1.54) is 13.3 Å². The first-order chi connectivity index (χ1) is 6.75. The summed E-state index contributed by atoms with van der Waals surface area (Å²) >= 11 is 0. The molecule has 3 unspecified atom stereocenters. The third kappa shape index (κ3) is 0.999. The fourth-order valence-corrected chi connectivity index (χ4v) is 3.31. The van der Waals surface area contributed by atoms with Gasteiger partial charge in [0, 0.05) is 12.8 Å². The standard InChI is InChI=1S/C12H14O2/c1-7(13)14-11-5-4-10-8-2-3-9(6-8)12(10)11/h2-5,8-12H,6H2,1H3/t8-,9+,10?,11?,12?/m0/s1. The molecule has 3 aliphatic rings. The molecule has 74 valence electrons. The Morgan fingerprint density at radius 2 is 2.00 bits per heavy atom. The Hall–Kier alpha value is -1.05. The molecule has 0 aromatic heterocycles. The largest absolute Gasteiger partial charge is 0.458 e. The van der Waals surface area contributed by atoms with E-state index in [1.807, 2.05) is 0 Å². The van der Waals surface area contributed by atoms with Crippen LogP contribution in [-0.2, 0) is 9.53 Å². The van der Waals surface area contributed by atoms with Crippen LogP contribution in [0.25, 0.3) is 0 Å². The Labute approximate surface area is 83.6 Å². The van der Waals surface area contributed by atoms with Crippen molar-refractivity contribution in [2.24, 2.45) is 23.7 Å². The minimum absolute atomic E-state index is 0.0393. The number of hydrogen-bond acceptors (Lipinski definition) is 2. The van der Waals surface area contributed by atoms with Gasteiger partial charge in [0.15, 0.2) is 0 Å². The van der Waals surface area contributed by atoms with E-state index >= 15 is 0 Å². The molecule has 0 aromatic carbocycles. The van der Waals surface area contributed by atoms with Crippen molar-refractivity contribution >= 4 is 5.97 Å². The molecule has 2 bridgehead atoms. The van der Waals surface area contributed by atoms with Crippen molar-refractivity contribution in [1.82, 2.24) is 0 Å². The summed E-state index contributed by atoms with van der Waals surface area (Å²) in [5.74, 6) is 2.36. The average molecular weight is 190 g/mol. The van der Waals surface area contributed by atoms with Gasteiger partial charge in [0.2, 0.25) is 0 Å². The van der Waals surface area contributed by atoms with Crippen molar-refractivity contribution in [1.29, 1.82) is 0 Å². The summed E-state index contributed by atoms with van der Waals surface area (Å²) in [6.07, 6.45) is 10.2. The molecule has 5 atom stereocenters. The second-order valence-corrected chi connectivity index (χ2v) is 4.56. The molecule has 3 aliphatic carbocycles. The number of carbonyl (C=O) groups is 1. The molecule has 0 radical (unpaired) electrons. The molecular formula is C12H14O2. The first kappa shape index (κ1) is 8.27. The van der Waals surface area contributed by atoms with Crippen molar-refractivity contribution in [3.05, 3.63) is 24.3 Å². The van der Waals surface area contributed by atoms with E-state index in [-0.39, 0.29) is 12.1 Å². The van der Waals surface area contributed by atoms with Gasteiger partial charge in [-0.1, -0.05) is 18.2 Å². The molecule has 0 aromatic rings. The van der Waals surface area contributed by atoms with Gasteiger partial charge in [-0.15, -0.1) is 0 Å². The molecule has 1 fully saturated rings. The van der Waals surface area contributed by atoms with E-state index < -0.39 is 0 Å². The number of fused-ring (bicyclic) bond motifs is 5. The van der Waals surface area contributed by atoms with E-state index in [1.54, 1.807) is 0 Å². The summed E-state index contributed by atoms with van der Waals surface area (Å²) in [5, 5.41) is 0. The Balaban J connectivity index is 1.82. The first-order valence-corrected chi connectivity index (χ1v) is 5.29. The Morgan fingerprint density at radius 3 is 2.79 bits per heavy atom. The Bertz CT molecular complexity index is 329. The van der Waals surface area contributed by atoms with Crippen molar-refractivity contribution in [2.75, 3.05) is 0 Å². The third-order valence-electron chi connectivity index (χ3n) is 3.79. The lowest BCUT2D eigenvalue weighted by Crippen LogP contribution is -2.27. The number of esters is 1. The maximum absolute atomic E-state index is 10.9. The highest BCUT2D eigenvalue weighted by Gasteiger charge is 2.49. The summed E-state index contributed by atoms with van der Waals surface area (Å²) in [7, 11) is 0. The lowest BCUT2D eigenvalue weighted by molar-refractivity contribution is -0.146. The number of ether oxygens (including phenoxy) is 1. The van der Waals surface area contributed by atoms with Gasteiger partial charge in [0.05, 0.1) is 0 Å². The Morgan fingerprint density at radius 1 is 1.21 bits per heavy atom. The van der Waals surface area contributed by atoms with Crippen LogP contribution in [0, 0.1) is 23.7 Å². The normalized spacial score (nSPS) is 47.1. The second kappa shape index (κ2) is 2.72. The van der Waals surface area contributed by atoms with Gasteiger partial charge < -0.3 is 4.74 Å². The van der Waals surface area contributed by atoms with E-state index in [4.69, 9.17) is 4.74 Å². The first-order valence-electron chi connectivity index (χ1n) is 5.29. The van der Waals surface area contributed by atoms with E-state index in [9.17, 15) is 4.79 Å². The minimum Gasteiger partial charge on any atom is -0.458 e. The molecule has 1 saturated carbocycles. The summed E-state index contributed by atoms with van der Waals surface area (Å²) in [4.78, 5) is 10.9. The Kier molecular flexibility index (Phi) is 1.61. The third-order valence-corrected chi connectivity index (χ3v) is 3.79. The predicted octanol–water partition coefficient (Wildman–Crippen LogP) is 1.93. The van der Waals surface area contributed by atoms with Crippen LogP contribution in [0.15, 0.2) is 24.3 Å². The lowest BCUT2D eigenvalue weighted by atomic mass is 9.84. The van der Waals surface area contributed by atoms with Gasteiger partial charge in [-0.2, -0.15) is 0 Å². The van der Waals surface area contributed by atoms with E-state index in [0.717, 1.165) is 0 Å². The smallest absolute Gasteiger partial charge is 0.303 e. The fraction of sp³-hybridized carbons (Fsp3) is 0.583. The zero-order chi connectivity index (χ0) is 9.71. The van der Waals surface area contributed by atoms with Gasteiger partial charge in [-0.3, -0.25) is 4.79 Å². The molecular weight excluding hydrogens is 176 g/mol. The van der Waals surface area contributed by atoms with Crippen LogP contribution >= 0.6 is 0 Å². The van der Waals surface area contributed by atoms with Gasteiger partial charge in [0.25, 0.3) is 0 Å². The molecule has 0 N–H and O–H groups in total. The molecule has 0 aliphatic heterocycles. The van der Waals surface area contributed by atoms with Crippen LogP contribution < -0.4 is 0 Å². The topological polar surface area (TPSA) is 26.3 Å². The minimum atomic E-state index is -0.160. The van der Waals surface area contributed by atoms with Gasteiger partial charge >= 0.3 is 5.97 Å². The van der Waals surface area contributed by atoms with E-state index in [0.29, 0.717) is 23.7 Å². The SMILES string of the molecule is CC(=O)OC1C=CC2C1[C@@H]1C=C[C@H]2C1. The summed E-state index contributed by atoms with van der Waals surface area (Å²) in [6.45, 7) is 1.49. The maximum Gasteiger partial charge on any atom is 0.303 e. The number of allylic oxidation sites excluding steroid dienone is 3. The maximum atomic E-state index is 10.9. The van der Waals surface area contributed by atoms with Crippen LogP contribution in [-0.4, -0.2) is 12.1 Å². The van der Waals surface area contributed by atoms with Gasteiger partial charge in [0.1, 0.15) is 6.10 Å². The highest BCUT2D eigenvalue weighted by molar-refractivity contribution is 5.66. The van der Waals surface area contributed by atoms with Gasteiger partial charge in [-0.25, -0.2) is 0 Å². The summed E-state index contributed by atoms with van der Waals surface area (Å²) < 4.78 is 5.32. The molecule has 3 rings (SSSR count). The van der Waals surface area contributed by atoms with Crippen LogP contribution in [0.2, 0.25) is 0 Å². The number of carbonyl (C=O) groups excluding carboxylic acids is 1. The number of rotatable bonds is 1. The average Bonchev–Trinajstić information content (AvgIpc) is 2.74. The second-order valence-electron chi connectivity index (χ2n) is 4.56. The molecule has 0 amide bonds. The molecule has 2 nitrogen and oxygen atoms in total. The van der Waals surface area contributed by atoms with Crippen molar-refractivity contribution in [3.63, 3.8) is 0 Å². The van der Waals surface area contributed by atoms with Crippen LogP contribution in [0.5, 0.6) is 0 Å². The zero-order valence-corrected chi connectivity index (χ0v) is 8.22. The molecule has 0 heterocycles. The molecule has 0 spiro atoms. The summed E-state index contributed by atoms with van der Waals surface area (Å²) in [6, 6.07) is 0. The highest BCUT2D eigenvalue weighted by atomic mass is 16.5. The lowest BCUT2D eigenvalue weighted by Gasteiger charge is -2.25. The molecule has 0 saturated heterocycles.